The van der Waals surface area contributed by atoms with E-state index in [4.69, 9.17) is 9.97 Å². The van der Waals surface area contributed by atoms with Crippen molar-refractivity contribution >= 4 is 33.3 Å². The van der Waals surface area contributed by atoms with Crippen molar-refractivity contribution in [2.24, 2.45) is 11.8 Å². The molecule has 3 aliphatic rings. The number of anilines is 1. The molecule has 2 atom stereocenters. The van der Waals surface area contributed by atoms with E-state index < -0.39 is 0 Å². The van der Waals surface area contributed by atoms with Gasteiger partial charge in [-0.25, -0.2) is 9.97 Å². The highest BCUT2D eigenvalue weighted by Crippen LogP contribution is 2.42. The van der Waals surface area contributed by atoms with Crippen LogP contribution in [0.4, 0.5) is 5.82 Å². The lowest BCUT2D eigenvalue weighted by Gasteiger charge is -2.36. The van der Waals surface area contributed by atoms with E-state index in [0.29, 0.717) is 11.8 Å². The van der Waals surface area contributed by atoms with Crippen molar-refractivity contribution < 1.29 is 4.79 Å². The summed E-state index contributed by atoms with van der Waals surface area (Å²) in [4.78, 5) is 30.3. The minimum Gasteiger partial charge on any atom is -0.352 e. The van der Waals surface area contributed by atoms with E-state index in [1.54, 1.807) is 0 Å². The average molecular weight is 469 g/mol. The molecule has 5 nitrogen and oxygen atoms in total. The topological polar surface area (TPSA) is 49.3 Å². The Kier molecular flexibility index (Phi) is 6.91. The lowest BCUT2D eigenvalue weighted by molar-refractivity contribution is -0.131. The summed E-state index contributed by atoms with van der Waals surface area (Å²) in [7, 11) is 0. The Balaban J connectivity index is 1.35. The number of thiophene rings is 1. The Morgan fingerprint density at radius 3 is 2.61 bits per heavy atom. The molecule has 0 aromatic carbocycles. The van der Waals surface area contributed by atoms with Crippen LogP contribution >= 0.6 is 11.3 Å². The average Bonchev–Trinajstić information content (AvgIpc) is 3.48. The number of piperazine rings is 1. The van der Waals surface area contributed by atoms with Gasteiger partial charge in [0.1, 0.15) is 16.5 Å². The maximum Gasteiger partial charge on any atom is 0.222 e. The minimum atomic E-state index is 0.358. The molecule has 1 amide bonds. The molecule has 5 rings (SSSR count). The number of hydrogen-bond donors (Lipinski definition) is 0. The summed E-state index contributed by atoms with van der Waals surface area (Å²) in [6, 6.07) is 0. The van der Waals surface area contributed by atoms with Gasteiger partial charge in [-0.3, -0.25) is 4.79 Å². The van der Waals surface area contributed by atoms with Crippen LogP contribution in [0.2, 0.25) is 0 Å². The van der Waals surface area contributed by atoms with E-state index in [1.165, 1.54) is 59.2 Å². The van der Waals surface area contributed by atoms with Gasteiger partial charge < -0.3 is 9.80 Å². The zero-order chi connectivity index (χ0) is 22.9. The highest BCUT2D eigenvalue weighted by Gasteiger charge is 2.29. The van der Waals surface area contributed by atoms with Gasteiger partial charge in [0.25, 0.3) is 0 Å². The number of aromatic nitrogens is 2. The van der Waals surface area contributed by atoms with E-state index in [0.717, 1.165) is 75.3 Å². The van der Waals surface area contributed by atoms with Crippen molar-refractivity contribution in [2.45, 2.75) is 90.9 Å². The fraction of sp³-hybridized carbons (Fsp3) is 0.741. The standard InChI is InChI=1S/C27H40N4OS/c1-4-19(3)25-28-26(24-21-11-9-18(2)17-22(21)33-27(24)29-25)31-15-13-30(14-16-31)23(32)12-10-20-7-5-6-8-20/h18-20H,4-17H2,1-3H3/t18-,19-/m1/s1. The molecule has 1 aliphatic heterocycles. The molecule has 180 valence electrons. The smallest absolute Gasteiger partial charge is 0.222 e. The third-order valence-electron chi connectivity index (χ3n) is 8.38. The first-order valence-electron chi connectivity index (χ1n) is 13.4. The third-order valence-corrected chi connectivity index (χ3v) is 9.53. The number of aryl methyl sites for hydroxylation is 1. The fourth-order valence-electron chi connectivity index (χ4n) is 5.92. The molecule has 0 spiro atoms. The number of nitrogens with zero attached hydrogens (tertiary/aromatic N) is 4. The van der Waals surface area contributed by atoms with Gasteiger partial charge in [0.05, 0.1) is 5.39 Å². The van der Waals surface area contributed by atoms with Crippen LogP contribution in [0.3, 0.4) is 0 Å². The lowest BCUT2D eigenvalue weighted by atomic mass is 9.89. The van der Waals surface area contributed by atoms with Crippen molar-refractivity contribution in [1.29, 1.82) is 0 Å². The highest BCUT2D eigenvalue weighted by atomic mass is 32.1. The van der Waals surface area contributed by atoms with Crippen LogP contribution in [0.5, 0.6) is 0 Å². The Bertz CT molecular complexity index is 988. The maximum absolute atomic E-state index is 12.9. The van der Waals surface area contributed by atoms with Gasteiger partial charge in [0.15, 0.2) is 0 Å². The summed E-state index contributed by atoms with van der Waals surface area (Å²) in [5.74, 6) is 4.40. The predicted molar refractivity (Wildman–Crippen MR) is 137 cm³/mol. The van der Waals surface area contributed by atoms with E-state index >= 15 is 0 Å². The molecule has 1 saturated heterocycles. The summed E-state index contributed by atoms with van der Waals surface area (Å²) in [6.07, 6.45) is 11.8. The Hall–Kier alpha value is -1.69. The molecule has 3 heterocycles. The van der Waals surface area contributed by atoms with Crippen LogP contribution in [-0.4, -0.2) is 47.0 Å². The molecule has 2 aromatic heterocycles. The van der Waals surface area contributed by atoms with E-state index in [1.807, 2.05) is 11.3 Å². The van der Waals surface area contributed by atoms with Crippen molar-refractivity contribution in [1.82, 2.24) is 14.9 Å². The second kappa shape index (κ2) is 9.89. The first-order chi connectivity index (χ1) is 16.0. The summed E-state index contributed by atoms with van der Waals surface area (Å²) in [6.45, 7) is 10.2. The lowest BCUT2D eigenvalue weighted by Crippen LogP contribution is -2.49. The van der Waals surface area contributed by atoms with Gasteiger partial charge in [-0.2, -0.15) is 0 Å². The SMILES string of the molecule is CC[C@@H](C)c1nc(N2CCN(C(=O)CCC3CCCC3)CC2)c2c3c(sc2n1)C[C@H](C)CC3. The first kappa shape index (κ1) is 23.1. The van der Waals surface area contributed by atoms with Crippen molar-refractivity contribution in [3.8, 4) is 0 Å². The van der Waals surface area contributed by atoms with Gasteiger partial charge in [-0.15, -0.1) is 11.3 Å². The molecular formula is C27H40N4OS. The molecule has 0 radical (unpaired) electrons. The maximum atomic E-state index is 12.9. The largest absolute Gasteiger partial charge is 0.352 e. The Morgan fingerprint density at radius 1 is 1.12 bits per heavy atom. The third kappa shape index (κ3) is 4.78. The molecular weight excluding hydrogens is 428 g/mol. The van der Waals surface area contributed by atoms with Crippen molar-refractivity contribution in [2.75, 3.05) is 31.1 Å². The molecule has 0 unspecified atom stereocenters. The summed E-state index contributed by atoms with van der Waals surface area (Å²) in [5, 5.41) is 1.31. The van der Waals surface area contributed by atoms with Gasteiger partial charge in [0.2, 0.25) is 5.91 Å². The monoisotopic (exact) mass is 468 g/mol. The number of rotatable bonds is 6. The normalized spacial score (nSPS) is 22.7. The number of carbonyl (C=O) groups is 1. The van der Waals surface area contributed by atoms with Crippen LogP contribution in [0.25, 0.3) is 10.2 Å². The van der Waals surface area contributed by atoms with Gasteiger partial charge in [-0.1, -0.05) is 46.5 Å². The highest BCUT2D eigenvalue weighted by molar-refractivity contribution is 7.19. The molecule has 2 aliphatic carbocycles. The van der Waals surface area contributed by atoms with Crippen LogP contribution in [0.1, 0.15) is 94.3 Å². The molecule has 1 saturated carbocycles. The zero-order valence-corrected chi connectivity index (χ0v) is 21.6. The Labute approximate surface area is 203 Å². The molecule has 33 heavy (non-hydrogen) atoms. The van der Waals surface area contributed by atoms with Crippen molar-refractivity contribution in [3.63, 3.8) is 0 Å². The molecule has 2 aromatic rings. The second-order valence-electron chi connectivity index (χ2n) is 10.8. The fourth-order valence-corrected chi connectivity index (χ4v) is 7.31. The summed E-state index contributed by atoms with van der Waals surface area (Å²) in [5.41, 5.74) is 1.51. The number of carbonyl (C=O) groups excluding carboxylic acids is 1. The van der Waals surface area contributed by atoms with E-state index in [-0.39, 0.29) is 0 Å². The van der Waals surface area contributed by atoms with Crippen molar-refractivity contribution in [3.05, 3.63) is 16.3 Å². The van der Waals surface area contributed by atoms with Crippen LogP contribution in [0, 0.1) is 11.8 Å². The van der Waals surface area contributed by atoms with Gasteiger partial charge in [0, 0.05) is 43.4 Å². The van der Waals surface area contributed by atoms with Crippen LogP contribution in [0.15, 0.2) is 0 Å². The predicted octanol–water partition coefficient (Wildman–Crippen LogP) is 5.95. The number of hydrogen-bond acceptors (Lipinski definition) is 5. The molecule has 2 fully saturated rings. The quantitative estimate of drug-likeness (QED) is 0.526. The molecule has 0 bridgehead atoms. The summed E-state index contributed by atoms with van der Waals surface area (Å²) >= 11 is 1.91. The van der Waals surface area contributed by atoms with E-state index in [2.05, 4.69) is 30.6 Å². The van der Waals surface area contributed by atoms with E-state index in [9.17, 15) is 4.79 Å². The summed E-state index contributed by atoms with van der Waals surface area (Å²) < 4.78 is 0. The number of fused-ring (bicyclic) bond motifs is 3. The van der Waals surface area contributed by atoms with Gasteiger partial charge >= 0.3 is 0 Å². The zero-order valence-electron chi connectivity index (χ0n) is 20.7. The van der Waals surface area contributed by atoms with Crippen LogP contribution < -0.4 is 4.90 Å². The molecule has 6 heteroatoms. The first-order valence-corrected chi connectivity index (χ1v) is 14.2. The molecule has 0 N–H and O–H groups in total. The Morgan fingerprint density at radius 2 is 1.88 bits per heavy atom. The second-order valence-corrected chi connectivity index (χ2v) is 11.9. The minimum absolute atomic E-state index is 0.358. The number of amides is 1. The van der Waals surface area contributed by atoms with Crippen LogP contribution in [-0.2, 0) is 17.6 Å². The van der Waals surface area contributed by atoms with Gasteiger partial charge in [-0.05, 0) is 49.5 Å².